The summed E-state index contributed by atoms with van der Waals surface area (Å²) in [6.07, 6.45) is 0.467. The number of rotatable bonds is 4. The lowest BCUT2D eigenvalue weighted by Gasteiger charge is -2.33. The third kappa shape index (κ3) is 2.37. The summed E-state index contributed by atoms with van der Waals surface area (Å²) in [7, 11) is 0. The smallest absolute Gasteiger partial charge is 0.302 e. The number of hydrogen-bond acceptors (Lipinski definition) is 4. The summed E-state index contributed by atoms with van der Waals surface area (Å²) in [5.74, 6) is -0.647. The molecule has 1 amide bonds. The molecule has 0 aliphatic carbocycles. The predicted octanol–water partition coefficient (Wildman–Crippen LogP) is 0.117. The molecule has 7 heteroatoms. The van der Waals surface area contributed by atoms with Gasteiger partial charge in [0.15, 0.2) is 0 Å². The number of carbonyl (C=O) groups excluding carboxylic acids is 2. The molecule has 7 nitrogen and oxygen atoms in total. The van der Waals surface area contributed by atoms with Crippen LogP contribution in [0.15, 0.2) is 5.11 Å². The summed E-state index contributed by atoms with van der Waals surface area (Å²) in [6.45, 7) is 1.53. The highest BCUT2D eigenvalue weighted by Gasteiger charge is 2.38. The number of carbonyl (C=O) groups is 2. The van der Waals surface area contributed by atoms with Crippen molar-refractivity contribution >= 4 is 11.9 Å². The molecule has 1 heterocycles. The van der Waals surface area contributed by atoms with Gasteiger partial charge in [-0.2, -0.15) is 0 Å². The maximum Gasteiger partial charge on any atom is 0.302 e. The molecule has 0 aromatic rings. The zero-order valence-corrected chi connectivity index (χ0v) is 7.64. The van der Waals surface area contributed by atoms with Crippen LogP contribution in [0, 0.1) is 0 Å². The molecule has 0 radical (unpaired) electrons. The lowest BCUT2D eigenvalue weighted by molar-refractivity contribution is -0.141. The zero-order chi connectivity index (χ0) is 10.6. The third-order valence-corrected chi connectivity index (χ3v) is 1.89. The molecule has 2 atom stereocenters. The van der Waals surface area contributed by atoms with Crippen molar-refractivity contribution in [1.29, 1.82) is 0 Å². The van der Waals surface area contributed by atoms with Gasteiger partial charge in [-0.05, 0) is 5.53 Å². The van der Waals surface area contributed by atoms with E-state index in [9.17, 15) is 9.59 Å². The summed E-state index contributed by atoms with van der Waals surface area (Å²) in [5.41, 5.74) is 8.14. The first-order valence-corrected chi connectivity index (χ1v) is 4.13. The average Bonchev–Trinajstić information content (AvgIpc) is 2.12. The predicted molar refractivity (Wildman–Crippen MR) is 46.1 cm³/mol. The first-order valence-electron chi connectivity index (χ1n) is 4.13. The molecule has 0 aromatic heterocycles. The van der Waals surface area contributed by atoms with Gasteiger partial charge in [-0.25, -0.2) is 0 Å². The fraction of sp³-hybridized carbons (Fsp3) is 0.714. The summed E-state index contributed by atoms with van der Waals surface area (Å²) in [6, 6.07) is -0.867. The van der Waals surface area contributed by atoms with Gasteiger partial charge in [0.05, 0.1) is 6.61 Å². The van der Waals surface area contributed by atoms with Crippen LogP contribution in [-0.2, 0) is 14.3 Å². The van der Waals surface area contributed by atoms with E-state index in [1.165, 1.54) is 6.92 Å². The van der Waals surface area contributed by atoms with Crippen molar-refractivity contribution in [2.75, 3.05) is 6.61 Å². The van der Waals surface area contributed by atoms with Crippen molar-refractivity contribution in [3.63, 3.8) is 0 Å². The van der Waals surface area contributed by atoms with Crippen LogP contribution in [0.3, 0.4) is 0 Å². The second kappa shape index (κ2) is 4.48. The molecule has 0 bridgehead atoms. The number of esters is 1. The van der Waals surface area contributed by atoms with E-state index in [0.29, 0.717) is 6.42 Å². The van der Waals surface area contributed by atoms with Crippen LogP contribution in [0.25, 0.3) is 10.4 Å². The Hall–Kier alpha value is -1.75. The van der Waals surface area contributed by atoms with E-state index in [2.05, 4.69) is 20.1 Å². The van der Waals surface area contributed by atoms with E-state index in [1.54, 1.807) is 0 Å². The van der Waals surface area contributed by atoms with Gasteiger partial charge in [0.1, 0.15) is 6.04 Å². The summed E-state index contributed by atoms with van der Waals surface area (Å²) < 4.78 is 4.68. The Kier molecular flexibility index (Phi) is 3.30. The zero-order valence-electron chi connectivity index (χ0n) is 7.64. The van der Waals surface area contributed by atoms with Crippen molar-refractivity contribution in [2.45, 2.75) is 25.4 Å². The van der Waals surface area contributed by atoms with E-state index in [1.807, 2.05) is 0 Å². The lowest BCUT2D eigenvalue weighted by Crippen LogP contribution is -2.61. The Bertz CT molecular complexity index is 295. The van der Waals surface area contributed by atoms with E-state index in [0.717, 1.165) is 0 Å². The molecule has 2 unspecified atom stereocenters. The van der Waals surface area contributed by atoms with E-state index in [4.69, 9.17) is 5.53 Å². The molecule has 76 valence electrons. The number of azide groups is 1. The van der Waals surface area contributed by atoms with Crippen molar-refractivity contribution in [3.8, 4) is 0 Å². The highest BCUT2D eigenvalue weighted by Crippen LogP contribution is 2.14. The maximum atomic E-state index is 10.8. The summed E-state index contributed by atoms with van der Waals surface area (Å²) in [5, 5.41) is 5.87. The van der Waals surface area contributed by atoms with Gasteiger partial charge in [-0.3, -0.25) is 9.59 Å². The lowest BCUT2D eigenvalue weighted by atomic mass is 9.97. The van der Waals surface area contributed by atoms with Crippen molar-refractivity contribution in [1.82, 2.24) is 5.32 Å². The molecule has 0 aromatic carbocycles. The molecule has 1 N–H and O–H groups in total. The molecular weight excluding hydrogens is 188 g/mol. The van der Waals surface area contributed by atoms with Gasteiger partial charge in [-0.15, -0.1) is 0 Å². The van der Waals surface area contributed by atoms with Crippen LogP contribution in [0.1, 0.15) is 13.3 Å². The van der Waals surface area contributed by atoms with Crippen LogP contribution in [0.5, 0.6) is 0 Å². The van der Waals surface area contributed by atoms with Gasteiger partial charge in [-0.1, -0.05) is 5.11 Å². The molecule has 0 saturated carbocycles. The highest BCUT2D eigenvalue weighted by molar-refractivity contribution is 5.89. The van der Waals surface area contributed by atoms with Gasteiger partial charge >= 0.3 is 5.97 Å². The molecule has 1 rings (SSSR count). The van der Waals surface area contributed by atoms with E-state index < -0.39 is 6.04 Å². The van der Waals surface area contributed by atoms with E-state index in [-0.39, 0.29) is 24.5 Å². The first-order chi connectivity index (χ1) is 6.65. The summed E-state index contributed by atoms with van der Waals surface area (Å²) in [4.78, 5) is 23.8. The van der Waals surface area contributed by atoms with Gasteiger partial charge in [0, 0.05) is 24.3 Å². The standard InChI is InChI=1S/C7H10N4O3/c1-4(12)14-3-2-5-6(10-11-8)7(13)9-5/h5-6H,2-3H2,1H3,(H,9,13). The molecule has 1 aliphatic heterocycles. The van der Waals surface area contributed by atoms with Crippen LogP contribution >= 0.6 is 0 Å². The fourth-order valence-corrected chi connectivity index (χ4v) is 1.18. The number of nitrogens with one attached hydrogen (secondary N) is 1. The molecular formula is C7H10N4O3. The second-order valence-electron chi connectivity index (χ2n) is 2.89. The molecule has 1 saturated heterocycles. The SMILES string of the molecule is CC(=O)OCCC1NC(=O)C1N=[N+]=[N-]. The van der Waals surface area contributed by atoms with Crippen molar-refractivity contribution in [2.24, 2.45) is 5.11 Å². The van der Waals surface area contributed by atoms with Crippen molar-refractivity contribution in [3.05, 3.63) is 10.4 Å². The third-order valence-electron chi connectivity index (χ3n) is 1.89. The van der Waals surface area contributed by atoms with Gasteiger partial charge in [0.2, 0.25) is 5.91 Å². The largest absolute Gasteiger partial charge is 0.466 e. The number of amides is 1. The monoisotopic (exact) mass is 198 g/mol. The van der Waals surface area contributed by atoms with Crippen LogP contribution < -0.4 is 5.32 Å². The minimum Gasteiger partial charge on any atom is -0.466 e. The first kappa shape index (κ1) is 10.3. The quantitative estimate of drug-likeness (QED) is 0.228. The Balaban J connectivity index is 2.29. The Morgan fingerprint density at radius 1 is 1.79 bits per heavy atom. The van der Waals surface area contributed by atoms with Gasteiger partial charge < -0.3 is 10.1 Å². The Morgan fingerprint density at radius 3 is 3.00 bits per heavy atom. The average molecular weight is 198 g/mol. The summed E-state index contributed by atoms with van der Waals surface area (Å²) >= 11 is 0. The minimum absolute atomic E-state index is 0.210. The Labute approximate surface area is 80.0 Å². The van der Waals surface area contributed by atoms with Crippen molar-refractivity contribution < 1.29 is 14.3 Å². The van der Waals surface area contributed by atoms with Gasteiger partial charge in [0.25, 0.3) is 0 Å². The van der Waals surface area contributed by atoms with Crippen LogP contribution in [0.4, 0.5) is 0 Å². The number of hydrogen-bond donors (Lipinski definition) is 1. The van der Waals surface area contributed by atoms with Crippen LogP contribution in [0.2, 0.25) is 0 Å². The van der Waals surface area contributed by atoms with E-state index >= 15 is 0 Å². The number of nitrogens with zero attached hydrogens (tertiary/aromatic N) is 3. The highest BCUT2D eigenvalue weighted by atomic mass is 16.5. The molecule has 1 aliphatic rings. The molecule has 0 spiro atoms. The van der Waals surface area contributed by atoms with Crippen LogP contribution in [-0.4, -0.2) is 30.6 Å². The fourth-order valence-electron chi connectivity index (χ4n) is 1.18. The topological polar surface area (TPSA) is 104 Å². The Morgan fingerprint density at radius 2 is 2.50 bits per heavy atom. The number of β-lactam (4-membered cyclic amide) rings is 1. The second-order valence-corrected chi connectivity index (χ2v) is 2.89. The maximum absolute atomic E-state index is 10.8. The molecule has 14 heavy (non-hydrogen) atoms. The minimum atomic E-state index is -0.657. The normalized spacial score (nSPS) is 24.2. The number of ether oxygens (including phenoxy) is 1. The molecule has 1 fully saturated rings.